The van der Waals surface area contributed by atoms with Crippen LogP contribution in [0, 0.1) is 17.1 Å². The van der Waals surface area contributed by atoms with Gasteiger partial charge in [0.1, 0.15) is 5.82 Å². The SMILES string of the molecule is N#CC(C(=O)c1cccc(F)c1Br)c1ccccn1. The first-order valence-corrected chi connectivity index (χ1v) is 6.23. The number of hydrogen-bond donors (Lipinski definition) is 0. The molecule has 0 amide bonds. The topological polar surface area (TPSA) is 53.8 Å². The number of Topliss-reactive ketones (excluding diaryl/α,β-unsaturated/α-hetero) is 1. The number of aromatic nitrogens is 1. The van der Waals surface area contributed by atoms with Gasteiger partial charge >= 0.3 is 0 Å². The summed E-state index contributed by atoms with van der Waals surface area (Å²) in [5.41, 5.74) is 0.489. The summed E-state index contributed by atoms with van der Waals surface area (Å²) in [6.45, 7) is 0. The lowest BCUT2D eigenvalue weighted by Gasteiger charge is -2.09. The minimum Gasteiger partial charge on any atom is -0.292 e. The minimum absolute atomic E-state index is 0.0659. The molecular formula is C14H8BrFN2O. The van der Waals surface area contributed by atoms with Crippen LogP contribution in [0.25, 0.3) is 0 Å². The van der Waals surface area contributed by atoms with E-state index in [2.05, 4.69) is 20.9 Å². The van der Waals surface area contributed by atoms with E-state index < -0.39 is 17.5 Å². The van der Waals surface area contributed by atoms with Crippen LogP contribution in [0.1, 0.15) is 22.0 Å². The molecule has 19 heavy (non-hydrogen) atoms. The van der Waals surface area contributed by atoms with Crippen molar-refractivity contribution in [1.82, 2.24) is 4.98 Å². The second-order valence-electron chi connectivity index (χ2n) is 3.78. The van der Waals surface area contributed by atoms with Crippen molar-refractivity contribution in [3.8, 4) is 6.07 Å². The summed E-state index contributed by atoms with van der Waals surface area (Å²) in [5, 5.41) is 9.15. The molecule has 1 atom stereocenters. The normalized spacial score (nSPS) is 11.6. The average molecular weight is 319 g/mol. The van der Waals surface area contributed by atoms with Crippen LogP contribution in [0.4, 0.5) is 4.39 Å². The van der Waals surface area contributed by atoms with Crippen LogP contribution in [0.5, 0.6) is 0 Å². The summed E-state index contributed by atoms with van der Waals surface area (Å²) in [6.07, 6.45) is 1.51. The van der Waals surface area contributed by atoms with Gasteiger partial charge in [-0.3, -0.25) is 9.78 Å². The van der Waals surface area contributed by atoms with Crippen molar-refractivity contribution >= 4 is 21.7 Å². The molecule has 0 N–H and O–H groups in total. The van der Waals surface area contributed by atoms with Gasteiger partial charge in [0.2, 0.25) is 0 Å². The zero-order chi connectivity index (χ0) is 13.8. The largest absolute Gasteiger partial charge is 0.292 e. The van der Waals surface area contributed by atoms with E-state index in [1.54, 1.807) is 18.2 Å². The van der Waals surface area contributed by atoms with Crippen molar-refractivity contribution in [1.29, 1.82) is 5.26 Å². The molecule has 2 rings (SSSR count). The highest BCUT2D eigenvalue weighted by atomic mass is 79.9. The number of rotatable bonds is 3. The Hall–Kier alpha value is -2.06. The van der Waals surface area contributed by atoms with Crippen LogP contribution in [0.3, 0.4) is 0 Å². The fraction of sp³-hybridized carbons (Fsp3) is 0.0714. The zero-order valence-corrected chi connectivity index (χ0v) is 11.3. The Morgan fingerprint density at radius 3 is 2.74 bits per heavy atom. The van der Waals surface area contributed by atoms with Gasteiger partial charge in [-0.25, -0.2) is 4.39 Å². The molecule has 1 aromatic carbocycles. The summed E-state index contributed by atoms with van der Waals surface area (Å²) < 4.78 is 13.5. The molecule has 1 aromatic heterocycles. The van der Waals surface area contributed by atoms with E-state index in [1.165, 1.54) is 24.4 Å². The Morgan fingerprint density at radius 2 is 2.11 bits per heavy atom. The zero-order valence-electron chi connectivity index (χ0n) is 9.68. The van der Waals surface area contributed by atoms with Gasteiger partial charge in [-0.1, -0.05) is 12.1 Å². The number of carbonyl (C=O) groups excluding carboxylic acids is 1. The standard InChI is InChI=1S/C14H8BrFN2O/c15-13-9(4-3-5-11(13)16)14(19)10(8-17)12-6-1-2-7-18-12/h1-7,10H. The molecule has 0 aliphatic heterocycles. The maximum atomic E-state index is 13.4. The molecular weight excluding hydrogens is 311 g/mol. The molecule has 0 aliphatic carbocycles. The van der Waals surface area contributed by atoms with Gasteiger partial charge in [0.15, 0.2) is 11.7 Å². The molecule has 0 radical (unpaired) electrons. The number of pyridine rings is 1. The van der Waals surface area contributed by atoms with Crippen LogP contribution >= 0.6 is 15.9 Å². The van der Waals surface area contributed by atoms with Crippen LogP contribution < -0.4 is 0 Å². The van der Waals surface area contributed by atoms with Crippen LogP contribution in [0.2, 0.25) is 0 Å². The molecule has 1 unspecified atom stereocenters. The fourth-order valence-electron chi connectivity index (χ4n) is 1.66. The first-order chi connectivity index (χ1) is 9.15. The molecule has 0 bridgehead atoms. The van der Waals surface area contributed by atoms with Crippen molar-refractivity contribution in [2.75, 3.05) is 0 Å². The van der Waals surface area contributed by atoms with Gasteiger partial charge in [0.25, 0.3) is 0 Å². The van der Waals surface area contributed by atoms with E-state index in [9.17, 15) is 9.18 Å². The number of benzene rings is 1. The first-order valence-electron chi connectivity index (χ1n) is 5.44. The molecule has 0 fully saturated rings. The molecule has 0 saturated carbocycles. The molecule has 3 nitrogen and oxygen atoms in total. The predicted octanol–water partition coefficient (Wildman–Crippen LogP) is 3.47. The molecule has 0 spiro atoms. The molecule has 0 saturated heterocycles. The third-order valence-corrected chi connectivity index (χ3v) is 3.40. The van der Waals surface area contributed by atoms with Crippen LogP contribution in [-0.2, 0) is 0 Å². The lowest BCUT2D eigenvalue weighted by Crippen LogP contribution is -2.13. The maximum Gasteiger partial charge on any atom is 0.187 e. The monoisotopic (exact) mass is 318 g/mol. The van der Waals surface area contributed by atoms with Gasteiger partial charge in [0, 0.05) is 11.8 Å². The third kappa shape index (κ3) is 2.69. The van der Waals surface area contributed by atoms with Crippen molar-refractivity contribution in [3.05, 3.63) is 64.1 Å². The molecule has 94 valence electrons. The molecule has 5 heteroatoms. The van der Waals surface area contributed by atoms with Gasteiger partial charge in [-0.2, -0.15) is 5.26 Å². The highest BCUT2D eigenvalue weighted by molar-refractivity contribution is 9.10. The van der Waals surface area contributed by atoms with E-state index in [-0.39, 0.29) is 10.0 Å². The Balaban J connectivity index is 2.43. The number of carbonyl (C=O) groups is 1. The Bertz CT molecular complexity index is 652. The molecule has 0 aliphatic rings. The van der Waals surface area contributed by atoms with Gasteiger partial charge in [-0.05, 0) is 40.2 Å². The van der Waals surface area contributed by atoms with Crippen molar-refractivity contribution in [2.45, 2.75) is 5.92 Å². The lowest BCUT2D eigenvalue weighted by molar-refractivity contribution is 0.0976. The van der Waals surface area contributed by atoms with Gasteiger partial charge in [0.05, 0.1) is 16.2 Å². The van der Waals surface area contributed by atoms with Gasteiger partial charge < -0.3 is 0 Å². The number of halogens is 2. The smallest absolute Gasteiger partial charge is 0.187 e. The second kappa shape index (κ2) is 5.72. The maximum absolute atomic E-state index is 13.4. The summed E-state index contributed by atoms with van der Waals surface area (Å²) in [5.74, 6) is -2.06. The second-order valence-corrected chi connectivity index (χ2v) is 4.58. The van der Waals surface area contributed by atoms with Crippen molar-refractivity contribution in [3.63, 3.8) is 0 Å². The number of hydrogen-bond acceptors (Lipinski definition) is 3. The predicted molar refractivity (Wildman–Crippen MR) is 71.0 cm³/mol. The highest BCUT2D eigenvalue weighted by Gasteiger charge is 2.25. The Kier molecular flexibility index (Phi) is 4.03. The molecule has 1 heterocycles. The number of ketones is 1. The lowest BCUT2D eigenvalue weighted by atomic mass is 9.95. The fourth-order valence-corrected chi connectivity index (χ4v) is 2.12. The van der Waals surface area contributed by atoms with Crippen LogP contribution in [-0.4, -0.2) is 10.8 Å². The Morgan fingerprint density at radius 1 is 1.32 bits per heavy atom. The van der Waals surface area contributed by atoms with E-state index in [1.807, 2.05) is 6.07 Å². The van der Waals surface area contributed by atoms with E-state index in [0.717, 1.165) is 0 Å². The Labute approximate surface area is 117 Å². The third-order valence-electron chi connectivity index (χ3n) is 2.59. The van der Waals surface area contributed by atoms with Crippen molar-refractivity contribution < 1.29 is 9.18 Å². The van der Waals surface area contributed by atoms with E-state index in [0.29, 0.717) is 5.69 Å². The summed E-state index contributed by atoms with van der Waals surface area (Å²) in [6, 6.07) is 11.0. The minimum atomic E-state index is -1.04. The van der Waals surface area contributed by atoms with Gasteiger partial charge in [-0.15, -0.1) is 0 Å². The van der Waals surface area contributed by atoms with Crippen LogP contribution in [0.15, 0.2) is 47.1 Å². The van der Waals surface area contributed by atoms with E-state index in [4.69, 9.17) is 5.26 Å². The average Bonchev–Trinajstić information content (AvgIpc) is 2.44. The molecule has 2 aromatic rings. The van der Waals surface area contributed by atoms with E-state index >= 15 is 0 Å². The highest BCUT2D eigenvalue weighted by Crippen LogP contribution is 2.26. The number of nitriles is 1. The number of nitrogens with zero attached hydrogens (tertiary/aromatic N) is 2. The van der Waals surface area contributed by atoms with Crippen molar-refractivity contribution in [2.24, 2.45) is 0 Å². The summed E-state index contributed by atoms with van der Waals surface area (Å²) >= 11 is 3.03. The summed E-state index contributed by atoms with van der Waals surface area (Å²) in [7, 11) is 0. The first kappa shape index (κ1) is 13.4. The summed E-state index contributed by atoms with van der Waals surface area (Å²) in [4.78, 5) is 16.3. The quantitative estimate of drug-likeness (QED) is 0.814.